The molecule has 94 valence electrons. The Kier molecular flexibility index (Phi) is 3.97. The number of nitrogens with zero attached hydrogens (tertiary/aromatic N) is 2. The van der Waals surface area contributed by atoms with Gasteiger partial charge in [0.25, 0.3) is 0 Å². The average molecular weight is 306 g/mol. The van der Waals surface area contributed by atoms with Crippen LogP contribution in [-0.2, 0) is 0 Å². The number of benzene rings is 1. The lowest BCUT2D eigenvalue weighted by Gasteiger charge is -2.12. The zero-order chi connectivity index (χ0) is 13.1. The van der Waals surface area contributed by atoms with Crippen LogP contribution in [-0.4, -0.2) is 16.5 Å². The third-order valence-corrected chi connectivity index (χ3v) is 3.25. The molecule has 0 spiro atoms. The Bertz CT molecular complexity index is 550. The molecule has 0 radical (unpaired) electrons. The minimum absolute atomic E-state index is 0.787. The highest BCUT2D eigenvalue weighted by Crippen LogP contribution is 2.26. The van der Waals surface area contributed by atoms with Crippen LogP contribution in [0.5, 0.6) is 0 Å². The van der Waals surface area contributed by atoms with Crippen molar-refractivity contribution < 1.29 is 0 Å². The second-order valence-electron chi connectivity index (χ2n) is 4.13. The van der Waals surface area contributed by atoms with E-state index in [-0.39, 0.29) is 0 Å². The monoisotopic (exact) mass is 305 g/mol. The number of anilines is 1. The van der Waals surface area contributed by atoms with Gasteiger partial charge in [0, 0.05) is 22.1 Å². The molecule has 0 unspecified atom stereocenters. The maximum absolute atomic E-state index is 4.55. The van der Waals surface area contributed by atoms with Gasteiger partial charge in [0.1, 0.15) is 11.6 Å². The standard InChI is InChI=1S/C14H16BrN3/c1-4-16-14-9(2)13(17-10(3)18-14)11-5-7-12(15)8-6-11/h5-8H,4H2,1-3H3,(H,16,17,18). The summed E-state index contributed by atoms with van der Waals surface area (Å²) in [7, 11) is 0. The van der Waals surface area contributed by atoms with Gasteiger partial charge in [-0.05, 0) is 32.9 Å². The van der Waals surface area contributed by atoms with Gasteiger partial charge in [0.15, 0.2) is 0 Å². The van der Waals surface area contributed by atoms with Crippen LogP contribution in [0.4, 0.5) is 5.82 Å². The molecule has 0 bridgehead atoms. The number of halogens is 1. The molecule has 0 aliphatic heterocycles. The van der Waals surface area contributed by atoms with Crippen LogP contribution in [0.2, 0.25) is 0 Å². The first-order valence-corrected chi connectivity index (χ1v) is 6.76. The van der Waals surface area contributed by atoms with Gasteiger partial charge >= 0.3 is 0 Å². The molecule has 4 heteroatoms. The van der Waals surface area contributed by atoms with Crippen LogP contribution >= 0.6 is 15.9 Å². The highest BCUT2D eigenvalue weighted by atomic mass is 79.9. The van der Waals surface area contributed by atoms with Crippen molar-refractivity contribution in [1.29, 1.82) is 0 Å². The second-order valence-corrected chi connectivity index (χ2v) is 5.05. The van der Waals surface area contributed by atoms with Gasteiger partial charge in [0.05, 0.1) is 5.69 Å². The first-order valence-electron chi connectivity index (χ1n) is 5.97. The lowest BCUT2D eigenvalue weighted by Crippen LogP contribution is -2.06. The summed E-state index contributed by atoms with van der Waals surface area (Å²) in [6, 6.07) is 8.18. The molecule has 3 nitrogen and oxygen atoms in total. The highest BCUT2D eigenvalue weighted by molar-refractivity contribution is 9.10. The Labute approximate surface area is 116 Å². The van der Waals surface area contributed by atoms with Crippen molar-refractivity contribution in [2.75, 3.05) is 11.9 Å². The fraction of sp³-hybridized carbons (Fsp3) is 0.286. The topological polar surface area (TPSA) is 37.8 Å². The van der Waals surface area contributed by atoms with Gasteiger partial charge in [-0.1, -0.05) is 28.1 Å². The SMILES string of the molecule is CCNc1nc(C)nc(-c2ccc(Br)cc2)c1C. The molecular weight excluding hydrogens is 290 g/mol. The molecule has 1 aromatic heterocycles. The second kappa shape index (κ2) is 5.48. The number of rotatable bonds is 3. The summed E-state index contributed by atoms with van der Waals surface area (Å²) in [6.07, 6.45) is 0. The average Bonchev–Trinajstić information content (AvgIpc) is 2.35. The summed E-state index contributed by atoms with van der Waals surface area (Å²) < 4.78 is 1.07. The molecule has 1 aromatic carbocycles. The maximum atomic E-state index is 4.55. The van der Waals surface area contributed by atoms with Crippen molar-refractivity contribution in [3.8, 4) is 11.3 Å². The first kappa shape index (κ1) is 13.0. The maximum Gasteiger partial charge on any atom is 0.133 e. The van der Waals surface area contributed by atoms with E-state index in [0.717, 1.165) is 39.5 Å². The zero-order valence-electron chi connectivity index (χ0n) is 10.8. The lowest BCUT2D eigenvalue weighted by molar-refractivity contribution is 1.02. The van der Waals surface area contributed by atoms with Gasteiger partial charge in [0.2, 0.25) is 0 Å². The van der Waals surface area contributed by atoms with Crippen LogP contribution < -0.4 is 5.32 Å². The molecule has 0 aliphatic rings. The minimum Gasteiger partial charge on any atom is -0.370 e. The third-order valence-electron chi connectivity index (χ3n) is 2.72. The van der Waals surface area contributed by atoms with Gasteiger partial charge in [-0.3, -0.25) is 0 Å². The summed E-state index contributed by atoms with van der Waals surface area (Å²) in [5.74, 6) is 1.71. The summed E-state index contributed by atoms with van der Waals surface area (Å²) in [5, 5.41) is 3.28. The Morgan fingerprint density at radius 1 is 1.11 bits per heavy atom. The van der Waals surface area contributed by atoms with Crippen molar-refractivity contribution in [3.05, 3.63) is 40.1 Å². The lowest BCUT2D eigenvalue weighted by atomic mass is 10.1. The summed E-state index contributed by atoms with van der Waals surface area (Å²) >= 11 is 3.45. The highest BCUT2D eigenvalue weighted by Gasteiger charge is 2.10. The number of hydrogen-bond acceptors (Lipinski definition) is 3. The van der Waals surface area contributed by atoms with Crippen molar-refractivity contribution in [2.45, 2.75) is 20.8 Å². The quantitative estimate of drug-likeness (QED) is 0.933. The van der Waals surface area contributed by atoms with Crippen LogP contribution in [0.3, 0.4) is 0 Å². The van der Waals surface area contributed by atoms with Gasteiger partial charge in [-0.25, -0.2) is 9.97 Å². The van der Waals surface area contributed by atoms with E-state index in [1.165, 1.54) is 0 Å². The molecular formula is C14H16BrN3. The Morgan fingerprint density at radius 2 is 1.78 bits per heavy atom. The van der Waals surface area contributed by atoms with Crippen LogP contribution in [0.15, 0.2) is 28.7 Å². The summed E-state index contributed by atoms with van der Waals surface area (Å²) in [5.41, 5.74) is 3.19. The predicted octanol–water partition coefficient (Wildman–Crippen LogP) is 3.95. The van der Waals surface area contributed by atoms with E-state index in [9.17, 15) is 0 Å². The van der Waals surface area contributed by atoms with E-state index in [2.05, 4.69) is 57.2 Å². The van der Waals surface area contributed by atoms with Crippen LogP contribution in [0, 0.1) is 13.8 Å². The molecule has 2 rings (SSSR count). The number of nitrogens with one attached hydrogen (secondary N) is 1. The van der Waals surface area contributed by atoms with Gasteiger partial charge in [-0.15, -0.1) is 0 Å². The Morgan fingerprint density at radius 3 is 2.39 bits per heavy atom. The van der Waals surface area contributed by atoms with Crippen molar-refractivity contribution in [2.24, 2.45) is 0 Å². The van der Waals surface area contributed by atoms with Gasteiger partial charge < -0.3 is 5.32 Å². The largest absolute Gasteiger partial charge is 0.370 e. The summed E-state index contributed by atoms with van der Waals surface area (Å²) in [6.45, 7) is 6.89. The Hall–Kier alpha value is -1.42. The molecule has 18 heavy (non-hydrogen) atoms. The number of hydrogen-bond donors (Lipinski definition) is 1. The van der Waals surface area contributed by atoms with Gasteiger partial charge in [-0.2, -0.15) is 0 Å². The molecule has 0 amide bonds. The predicted molar refractivity (Wildman–Crippen MR) is 78.8 cm³/mol. The molecule has 0 atom stereocenters. The van der Waals surface area contributed by atoms with E-state index in [4.69, 9.17) is 0 Å². The van der Waals surface area contributed by atoms with E-state index in [0.29, 0.717) is 0 Å². The molecule has 2 aromatic rings. The van der Waals surface area contributed by atoms with E-state index in [1.807, 2.05) is 19.1 Å². The molecule has 0 saturated carbocycles. The molecule has 0 saturated heterocycles. The first-order chi connectivity index (χ1) is 8.61. The molecule has 1 N–H and O–H groups in total. The number of aryl methyl sites for hydroxylation is 1. The van der Waals surface area contributed by atoms with Crippen molar-refractivity contribution in [1.82, 2.24) is 9.97 Å². The van der Waals surface area contributed by atoms with Crippen molar-refractivity contribution >= 4 is 21.7 Å². The summed E-state index contributed by atoms with van der Waals surface area (Å²) in [4.78, 5) is 8.98. The smallest absolute Gasteiger partial charge is 0.133 e. The minimum atomic E-state index is 0.787. The van der Waals surface area contributed by atoms with E-state index < -0.39 is 0 Å². The van der Waals surface area contributed by atoms with Crippen LogP contribution in [0.25, 0.3) is 11.3 Å². The molecule has 0 fully saturated rings. The zero-order valence-corrected chi connectivity index (χ0v) is 12.4. The van der Waals surface area contributed by atoms with E-state index in [1.54, 1.807) is 0 Å². The van der Waals surface area contributed by atoms with Crippen LogP contribution in [0.1, 0.15) is 18.3 Å². The number of aromatic nitrogens is 2. The van der Waals surface area contributed by atoms with Crippen molar-refractivity contribution in [3.63, 3.8) is 0 Å². The fourth-order valence-corrected chi connectivity index (χ4v) is 2.12. The third kappa shape index (κ3) is 2.70. The fourth-order valence-electron chi connectivity index (χ4n) is 1.86. The Balaban J connectivity index is 2.53. The molecule has 0 aliphatic carbocycles. The molecule has 1 heterocycles. The normalized spacial score (nSPS) is 10.4. The van der Waals surface area contributed by atoms with E-state index >= 15 is 0 Å².